The third kappa shape index (κ3) is 4.34. The predicted octanol–water partition coefficient (Wildman–Crippen LogP) is 0.908. The molecule has 1 fully saturated rings. The van der Waals surface area contributed by atoms with Gasteiger partial charge in [-0.25, -0.2) is 4.79 Å². The lowest BCUT2D eigenvalue weighted by Gasteiger charge is -2.36. The van der Waals surface area contributed by atoms with Crippen LogP contribution in [0.5, 0.6) is 0 Å². The van der Waals surface area contributed by atoms with Gasteiger partial charge in [-0.15, -0.1) is 0 Å². The topological polar surface area (TPSA) is 86.6 Å². The molecule has 1 unspecified atom stereocenters. The zero-order valence-corrected chi connectivity index (χ0v) is 16.1. The van der Waals surface area contributed by atoms with Gasteiger partial charge in [0.25, 0.3) is 5.91 Å². The van der Waals surface area contributed by atoms with Gasteiger partial charge in [-0.05, 0) is 17.9 Å². The Morgan fingerprint density at radius 3 is 2.23 bits per heavy atom. The summed E-state index contributed by atoms with van der Waals surface area (Å²) in [5.74, 6) is -0.833. The largest absolute Gasteiger partial charge is 0.475 e. The summed E-state index contributed by atoms with van der Waals surface area (Å²) in [6.45, 7) is 3.91. The smallest absolute Gasteiger partial charge is 0.426 e. The second-order valence-corrected chi connectivity index (χ2v) is 8.16. The number of amides is 2. The van der Waals surface area contributed by atoms with Gasteiger partial charge in [0.1, 0.15) is 0 Å². The Morgan fingerprint density at radius 1 is 1.19 bits per heavy atom. The van der Waals surface area contributed by atoms with E-state index in [0.29, 0.717) is 19.3 Å². The maximum Gasteiger partial charge on any atom is 0.475 e. The molecule has 0 radical (unpaired) electrons. The summed E-state index contributed by atoms with van der Waals surface area (Å²) < 4.78 is -0.0380. The van der Waals surface area contributed by atoms with E-state index < -0.39 is 18.6 Å². The number of carbonyl (C=O) groups excluding carboxylic acids is 2. The van der Waals surface area contributed by atoms with E-state index >= 15 is 0 Å². The van der Waals surface area contributed by atoms with Crippen molar-refractivity contribution in [1.82, 2.24) is 5.32 Å². The first-order valence-electron chi connectivity index (χ1n) is 9.18. The summed E-state index contributed by atoms with van der Waals surface area (Å²) in [6.07, 6.45) is 1.95. The van der Waals surface area contributed by atoms with E-state index in [2.05, 4.69) is 5.32 Å². The minimum absolute atomic E-state index is 0.0335. The molecule has 2 amide bonds. The number of likely N-dealkylation sites (N-methyl/N-ethyl adjacent to an activating group) is 1. The SMILES string of the molecule is CC(C)CC(NC(=O)C1([N+](C)(C)C(=O)Cc2ccccc2)CC1)B(O)O. The molecule has 142 valence electrons. The molecule has 0 aliphatic heterocycles. The van der Waals surface area contributed by atoms with E-state index in [-0.39, 0.29) is 28.6 Å². The van der Waals surface area contributed by atoms with E-state index in [1.165, 1.54) is 0 Å². The van der Waals surface area contributed by atoms with Crippen LogP contribution in [0, 0.1) is 5.92 Å². The Morgan fingerprint density at radius 2 is 1.77 bits per heavy atom. The molecule has 7 heteroatoms. The molecule has 3 N–H and O–H groups in total. The highest BCUT2D eigenvalue weighted by Crippen LogP contribution is 2.46. The Hall–Kier alpha value is -1.70. The van der Waals surface area contributed by atoms with Crippen molar-refractivity contribution in [1.29, 1.82) is 0 Å². The summed E-state index contributed by atoms with van der Waals surface area (Å²) in [5, 5.41) is 21.9. The highest BCUT2D eigenvalue weighted by molar-refractivity contribution is 6.43. The lowest BCUT2D eigenvalue weighted by molar-refractivity contribution is -0.842. The van der Waals surface area contributed by atoms with Crippen molar-refractivity contribution in [3.05, 3.63) is 35.9 Å². The van der Waals surface area contributed by atoms with Crippen LogP contribution < -0.4 is 5.32 Å². The molecule has 26 heavy (non-hydrogen) atoms. The Balaban J connectivity index is 2.11. The van der Waals surface area contributed by atoms with E-state index in [9.17, 15) is 19.6 Å². The van der Waals surface area contributed by atoms with E-state index in [0.717, 1.165) is 5.56 Å². The van der Waals surface area contributed by atoms with Crippen molar-refractivity contribution in [2.24, 2.45) is 5.92 Å². The van der Waals surface area contributed by atoms with Crippen LogP contribution >= 0.6 is 0 Å². The van der Waals surface area contributed by atoms with Gasteiger partial charge >= 0.3 is 13.0 Å². The number of nitrogens with zero attached hydrogens (tertiary/aromatic N) is 1. The third-order valence-electron chi connectivity index (χ3n) is 5.44. The van der Waals surface area contributed by atoms with Gasteiger partial charge in [0.2, 0.25) is 0 Å². The van der Waals surface area contributed by atoms with Crippen LogP contribution in [0.2, 0.25) is 0 Å². The Bertz CT molecular complexity index is 642. The zero-order valence-electron chi connectivity index (χ0n) is 16.1. The second-order valence-electron chi connectivity index (χ2n) is 8.16. The Labute approximate surface area is 155 Å². The zero-order chi connectivity index (χ0) is 19.5. The average Bonchev–Trinajstić information content (AvgIpc) is 3.36. The molecule has 1 atom stereocenters. The van der Waals surface area contributed by atoms with Crippen molar-refractivity contribution in [2.75, 3.05) is 14.1 Å². The van der Waals surface area contributed by atoms with E-state index in [1.54, 1.807) is 14.1 Å². The molecule has 2 rings (SSSR count). The number of quaternary nitrogens is 1. The first-order chi connectivity index (χ1) is 12.1. The minimum atomic E-state index is -1.62. The van der Waals surface area contributed by atoms with Crippen LogP contribution in [-0.4, -0.2) is 59.0 Å². The second kappa shape index (κ2) is 7.90. The molecule has 1 aliphatic carbocycles. The molecule has 1 aromatic rings. The number of rotatable bonds is 8. The minimum Gasteiger partial charge on any atom is -0.426 e. The fourth-order valence-electron chi connectivity index (χ4n) is 3.43. The molecular weight excluding hydrogens is 331 g/mol. The van der Waals surface area contributed by atoms with Crippen LogP contribution in [0.15, 0.2) is 30.3 Å². The van der Waals surface area contributed by atoms with Crippen LogP contribution in [-0.2, 0) is 16.0 Å². The lowest BCUT2D eigenvalue weighted by atomic mass is 9.75. The van der Waals surface area contributed by atoms with Crippen LogP contribution in [0.3, 0.4) is 0 Å². The molecule has 0 bridgehead atoms. The standard InChI is InChI=1S/C19H29BN2O4/c1-14(2)12-16(20(25)26)21-18(24)19(10-11-19)22(3,4)17(23)13-15-8-6-5-7-9-15/h5-9,14,16,25-26H,10-13H2,1-4H3/p+1. The van der Waals surface area contributed by atoms with Gasteiger partial charge in [0.15, 0.2) is 5.54 Å². The van der Waals surface area contributed by atoms with Crippen molar-refractivity contribution in [3.63, 3.8) is 0 Å². The quantitative estimate of drug-likeness (QED) is 0.475. The number of hydrogen-bond donors (Lipinski definition) is 3. The summed E-state index contributed by atoms with van der Waals surface area (Å²) in [6, 6.07) is 9.48. The molecular formula is C19H30BN2O4+. The summed E-state index contributed by atoms with van der Waals surface area (Å²) in [7, 11) is 1.92. The highest BCUT2D eigenvalue weighted by Gasteiger charge is 2.65. The highest BCUT2D eigenvalue weighted by atomic mass is 16.4. The summed E-state index contributed by atoms with van der Waals surface area (Å²) in [5.41, 5.74) is 0.0964. The van der Waals surface area contributed by atoms with Gasteiger partial charge in [-0.2, -0.15) is 0 Å². The van der Waals surface area contributed by atoms with Crippen LogP contribution in [0.25, 0.3) is 0 Å². The fraction of sp³-hybridized carbons (Fsp3) is 0.579. The first-order valence-corrected chi connectivity index (χ1v) is 9.18. The van der Waals surface area contributed by atoms with E-state index in [4.69, 9.17) is 0 Å². The van der Waals surface area contributed by atoms with Crippen molar-refractivity contribution in [3.8, 4) is 0 Å². The summed E-state index contributed by atoms with van der Waals surface area (Å²) in [4.78, 5) is 25.8. The maximum absolute atomic E-state index is 12.9. The molecule has 1 saturated carbocycles. The Kier molecular flexibility index (Phi) is 6.27. The molecule has 0 heterocycles. The third-order valence-corrected chi connectivity index (χ3v) is 5.44. The number of nitrogens with one attached hydrogen (secondary N) is 1. The molecule has 0 spiro atoms. The first kappa shape index (κ1) is 20.6. The monoisotopic (exact) mass is 361 g/mol. The van der Waals surface area contributed by atoms with Crippen molar-refractivity contribution < 1.29 is 24.1 Å². The molecule has 6 nitrogen and oxygen atoms in total. The fourth-order valence-corrected chi connectivity index (χ4v) is 3.43. The molecule has 0 saturated heterocycles. The lowest BCUT2D eigenvalue weighted by Crippen LogP contribution is -2.64. The van der Waals surface area contributed by atoms with E-state index in [1.807, 2.05) is 44.2 Å². The average molecular weight is 361 g/mol. The van der Waals surface area contributed by atoms with Gasteiger partial charge in [-0.1, -0.05) is 44.2 Å². The summed E-state index contributed by atoms with van der Waals surface area (Å²) >= 11 is 0. The van der Waals surface area contributed by atoms with Crippen LogP contribution in [0.4, 0.5) is 0 Å². The number of benzene rings is 1. The number of carbonyl (C=O) groups is 2. The van der Waals surface area contributed by atoms with Gasteiger partial charge in [-0.3, -0.25) is 9.28 Å². The molecule has 1 aliphatic rings. The van der Waals surface area contributed by atoms with Crippen LogP contribution in [0.1, 0.15) is 38.7 Å². The van der Waals surface area contributed by atoms with Gasteiger partial charge in [0, 0.05) is 12.8 Å². The molecule has 0 aromatic heterocycles. The predicted molar refractivity (Wildman–Crippen MR) is 101 cm³/mol. The normalized spacial score (nSPS) is 16.9. The van der Waals surface area contributed by atoms with Crippen molar-refractivity contribution >= 4 is 18.9 Å². The van der Waals surface area contributed by atoms with Gasteiger partial charge in [0.05, 0.1) is 26.5 Å². The van der Waals surface area contributed by atoms with Crippen molar-refractivity contribution in [2.45, 2.75) is 51.0 Å². The number of hydrogen-bond acceptors (Lipinski definition) is 4. The maximum atomic E-state index is 12.9. The van der Waals surface area contributed by atoms with Gasteiger partial charge < -0.3 is 15.4 Å². The molecule has 1 aromatic carbocycles.